The number of aromatic nitrogens is 5. The maximum atomic E-state index is 4.44. The molecule has 5 heteroatoms. The van der Waals surface area contributed by atoms with Crippen LogP contribution < -0.4 is 0 Å². The summed E-state index contributed by atoms with van der Waals surface area (Å²) in [5.74, 6) is 0.954. The summed E-state index contributed by atoms with van der Waals surface area (Å²) < 4.78 is 1.96. The topological polar surface area (TPSA) is 56.0 Å². The summed E-state index contributed by atoms with van der Waals surface area (Å²) in [5, 5.41) is 0. The summed E-state index contributed by atoms with van der Waals surface area (Å²) in [5.41, 5.74) is 2.23. The second-order valence-electron chi connectivity index (χ2n) is 3.23. The molecule has 15 heavy (non-hydrogen) atoms. The molecule has 0 saturated heterocycles. The zero-order valence-electron chi connectivity index (χ0n) is 8.25. The highest BCUT2D eigenvalue weighted by atomic mass is 15.1. The Kier molecular flexibility index (Phi) is 1.65. The SMILES string of the molecule is CCc1nc2nccnc2c2nccn12. The third-order valence-electron chi connectivity index (χ3n) is 2.36. The third kappa shape index (κ3) is 1.09. The Morgan fingerprint density at radius 2 is 2.00 bits per heavy atom. The normalized spacial score (nSPS) is 11.3. The van der Waals surface area contributed by atoms with E-state index in [9.17, 15) is 0 Å². The molecule has 0 aliphatic heterocycles. The molecule has 3 heterocycles. The summed E-state index contributed by atoms with van der Waals surface area (Å²) in [7, 11) is 0. The van der Waals surface area contributed by atoms with Crippen molar-refractivity contribution in [2.75, 3.05) is 0 Å². The number of imidazole rings is 1. The van der Waals surface area contributed by atoms with Gasteiger partial charge in [0, 0.05) is 31.2 Å². The van der Waals surface area contributed by atoms with Crippen LogP contribution in [0, 0.1) is 0 Å². The highest BCUT2D eigenvalue weighted by Gasteiger charge is 2.08. The van der Waals surface area contributed by atoms with Gasteiger partial charge in [-0.25, -0.2) is 19.9 Å². The van der Waals surface area contributed by atoms with E-state index in [4.69, 9.17) is 0 Å². The lowest BCUT2D eigenvalue weighted by Gasteiger charge is -2.03. The molecule has 0 amide bonds. The van der Waals surface area contributed by atoms with Gasteiger partial charge < -0.3 is 0 Å². The van der Waals surface area contributed by atoms with Gasteiger partial charge in [-0.05, 0) is 0 Å². The Morgan fingerprint density at radius 3 is 2.87 bits per heavy atom. The molecular formula is C10H9N5. The van der Waals surface area contributed by atoms with Crippen LogP contribution in [0.4, 0.5) is 0 Å². The van der Waals surface area contributed by atoms with Gasteiger partial charge in [0.05, 0.1) is 0 Å². The largest absolute Gasteiger partial charge is 0.286 e. The molecule has 0 spiro atoms. The number of fused-ring (bicyclic) bond motifs is 3. The quantitative estimate of drug-likeness (QED) is 0.591. The fraction of sp³-hybridized carbons (Fsp3) is 0.200. The number of hydrogen-bond acceptors (Lipinski definition) is 4. The lowest BCUT2D eigenvalue weighted by molar-refractivity contribution is 0.905. The van der Waals surface area contributed by atoms with Crippen molar-refractivity contribution in [1.29, 1.82) is 0 Å². The van der Waals surface area contributed by atoms with Crippen molar-refractivity contribution in [2.24, 2.45) is 0 Å². The van der Waals surface area contributed by atoms with Crippen LogP contribution in [-0.4, -0.2) is 24.3 Å². The Balaban J connectivity index is 2.57. The Labute approximate surface area is 85.8 Å². The van der Waals surface area contributed by atoms with Crippen molar-refractivity contribution in [3.05, 3.63) is 30.6 Å². The predicted octanol–water partition coefficient (Wildman–Crippen LogP) is 1.23. The lowest BCUT2D eigenvalue weighted by atomic mass is 10.4. The van der Waals surface area contributed by atoms with Crippen molar-refractivity contribution >= 4 is 16.8 Å². The first-order valence-electron chi connectivity index (χ1n) is 4.83. The molecule has 5 nitrogen and oxygen atoms in total. The lowest BCUT2D eigenvalue weighted by Crippen LogP contribution is -2.01. The molecule has 0 aromatic carbocycles. The molecule has 3 aromatic rings. The summed E-state index contributed by atoms with van der Waals surface area (Å²) in [6, 6.07) is 0. The van der Waals surface area contributed by atoms with Crippen LogP contribution in [0.1, 0.15) is 12.7 Å². The number of aryl methyl sites for hydroxylation is 1. The van der Waals surface area contributed by atoms with Gasteiger partial charge >= 0.3 is 0 Å². The second kappa shape index (κ2) is 2.98. The van der Waals surface area contributed by atoms with Crippen molar-refractivity contribution in [1.82, 2.24) is 24.3 Å². The molecule has 74 valence electrons. The van der Waals surface area contributed by atoms with Gasteiger partial charge in [-0.3, -0.25) is 4.40 Å². The van der Waals surface area contributed by atoms with E-state index < -0.39 is 0 Å². The van der Waals surface area contributed by atoms with Crippen LogP contribution in [0.15, 0.2) is 24.8 Å². The van der Waals surface area contributed by atoms with Gasteiger partial charge in [-0.15, -0.1) is 0 Å². The highest BCUT2D eigenvalue weighted by molar-refractivity contribution is 5.84. The van der Waals surface area contributed by atoms with Gasteiger partial charge in [0.15, 0.2) is 16.8 Å². The smallest absolute Gasteiger partial charge is 0.183 e. The van der Waals surface area contributed by atoms with Gasteiger partial charge in [0.25, 0.3) is 0 Å². The molecule has 3 rings (SSSR count). The van der Waals surface area contributed by atoms with E-state index >= 15 is 0 Å². The zero-order chi connectivity index (χ0) is 10.3. The van der Waals surface area contributed by atoms with Crippen LogP contribution in [0.25, 0.3) is 16.8 Å². The summed E-state index contributed by atoms with van der Waals surface area (Å²) in [4.78, 5) is 17.2. The number of rotatable bonds is 1. The molecule has 0 saturated carbocycles. The van der Waals surface area contributed by atoms with Crippen molar-refractivity contribution in [3.8, 4) is 0 Å². The van der Waals surface area contributed by atoms with Crippen LogP contribution in [0.3, 0.4) is 0 Å². The highest BCUT2D eigenvalue weighted by Crippen LogP contribution is 2.13. The molecule has 0 N–H and O–H groups in total. The first-order valence-corrected chi connectivity index (χ1v) is 4.83. The van der Waals surface area contributed by atoms with Gasteiger partial charge in [0.2, 0.25) is 0 Å². The summed E-state index contributed by atoms with van der Waals surface area (Å²) in [6.45, 7) is 2.06. The molecule has 0 radical (unpaired) electrons. The maximum absolute atomic E-state index is 4.44. The van der Waals surface area contributed by atoms with Gasteiger partial charge in [-0.1, -0.05) is 6.92 Å². The van der Waals surface area contributed by atoms with E-state index in [1.54, 1.807) is 18.6 Å². The van der Waals surface area contributed by atoms with Crippen molar-refractivity contribution < 1.29 is 0 Å². The fourth-order valence-electron chi connectivity index (χ4n) is 1.68. The minimum atomic E-state index is 0.660. The third-order valence-corrected chi connectivity index (χ3v) is 2.36. The standard InChI is InChI=1S/C10H9N5/c1-2-7-14-9-8(11-3-4-12-9)10-13-5-6-15(7)10/h3-6H,2H2,1H3. The molecule has 0 aliphatic carbocycles. The van der Waals surface area contributed by atoms with E-state index in [1.807, 2.05) is 10.6 Å². The van der Waals surface area contributed by atoms with Crippen molar-refractivity contribution in [2.45, 2.75) is 13.3 Å². The molecule has 0 fully saturated rings. The van der Waals surface area contributed by atoms with Crippen molar-refractivity contribution in [3.63, 3.8) is 0 Å². The van der Waals surface area contributed by atoms with E-state index in [0.29, 0.717) is 5.65 Å². The van der Waals surface area contributed by atoms with E-state index in [0.717, 1.165) is 23.4 Å². The van der Waals surface area contributed by atoms with Gasteiger partial charge in [0.1, 0.15) is 5.82 Å². The van der Waals surface area contributed by atoms with E-state index in [-0.39, 0.29) is 0 Å². The van der Waals surface area contributed by atoms with E-state index in [1.165, 1.54) is 0 Å². The van der Waals surface area contributed by atoms with Crippen LogP contribution in [-0.2, 0) is 6.42 Å². The molecule has 0 bridgehead atoms. The average Bonchev–Trinajstić information content (AvgIpc) is 2.77. The second-order valence-corrected chi connectivity index (χ2v) is 3.23. The number of hydrogen-bond donors (Lipinski definition) is 0. The minimum Gasteiger partial charge on any atom is -0.286 e. The first-order chi connectivity index (χ1) is 7.40. The zero-order valence-corrected chi connectivity index (χ0v) is 8.25. The number of nitrogens with zero attached hydrogens (tertiary/aromatic N) is 5. The van der Waals surface area contributed by atoms with Crippen LogP contribution in [0.2, 0.25) is 0 Å². The Morgan fingerprint density at radius 1 is 1.13 bits per heavy atom. The average molecular weight is 199 g/mol. The predicted molar refractivity (Wildman–Crippen MR) is 55.5 cm³/mol. The van der Waals surface area contributed by atoms with Crippen LogP contribution in [0.5, 0.6) is 0 Å². The van der Waals surface area contributed by atoms with E-state index in [2.05, 4.69) is 26.9 Å². The van der Waals surface area contributed by atoms with Gasteiger partial charge in [-0.2, -0.15) is 0 Å². The Bertz CT molecular complexity index is 628. The summed E-state index contributed by atoms with van der Waals surface area (Å²) in [6.07, 6.45) is 7.80. The molecule has 0 aliphatic rings. The first kappa shape index (κ1) is 8.28. The molecule has 3 aromatic heterocycles. The molecule has 0 atom stereocenters. The summed E-state index contributed by atoms with van der Waals surface area (Å²) >= 11 is 0. The molecule has 0 unspecified atom stereocenters. The Hall–Kier alpha value is -2.04. The van der Waals surface area contributed by atoms with Crippen LogP contribution >= 0.6 is 0 Å². The minimum absolute atomic E-state index is 0.660. The maximum Gasteiger partial charge on any atom is 0.183 e. The molecular weight excluding hydrogens is 190 g/mol. The monoisotopic (exact) mass is 199 g/mol. The fourth-order valence-corrected chi connectivity index (χ4v) is 1.68.